The summed E-state index contributed by atoms with van der Waals surface area (Å²) in [5.74, 6) is -0.466. The number of carbonyl (C=O) groups excluding carboxylic acids is 2. The third kappa shape index (κ3) is 6.04. The summed E-state index contributed by atoms with van der Waals surface area (Å²) in [5, 5.41) is 13.4. The SMILES string of the molecule is O=C(N[C@@H](C(=O)Oc1ccc([N+](=O)[O-])cc1)C1CCCCC1)OCc1ccccc1. The number of rotatable bonds is 7. The molecule has 30 heavy (non-hydrogen) atoms. The molecule has 0 saturated heterocycles. The number of ether oxygens (including phenoxy) is 2. The highest BCUT2D eigenvalue weighted by atomic mass is 16.6. The molecule has 1 saturated carbocycles. The third-order valence-corrected chi connectivity index (χ3v) is 5.13. The molecule has 8 nitrogen and oxygen atoms in total. The summed E-state index contributed by atoms with van der Waals surface area (Å²) in [6.45, 7) is 0.0987. The Morgan fingerprint density at radius 1 is 1.03 bits per heavy atom. The van der Waals surface area contributed by atoms with Gasteiger partial charge in [0.05, 0.1) is 4.92 Å². The lowest BCUT2D eigenvalue weighted by Crippen LogP contribution is -2.48. The Morgan fingerprint density at radius 2 is 1.70 bits per heavy atom. The standard InChI is InChI=1S/C22H24N2O6/c25-21(30-19-13-11-18(12-14-19)24(27)28)20(17-9-5-2-6-10-17)23-22(26)29-15-16-7-3-1-4-8-16/h1,3-4,7-8,11-14,17,20H,2,5-6,9-10,15H2,(H,23,26)/t20-/m1/s1. The van der Waals surface area contributed by atoms with Crippen molar-refractivity contribution in [1.82, 2.24) is 5.32 Å². The molecule has 2 aromatic carbocycles. The molecular formula is C22H24N2O6. The van der Waals surface area contributed by atoms with Gasteiger partial charge in [-0.3, -0.25) is 10.1 Å². The van der Waals surface area contributed by atoms with Crippen molar-refractivity contribution in [3.8, 4) is 5.75 Å². The van der Waals surface area contributed by atoms with E-state index in [1.807, 2.05) is 30.3 Å². The fraction of sp³-hybridized carbons (Fsp3) is 0.364. The fourth-order valence-corrected chi connectivity index (χ4v) is 3.54. The Hall–Kier alpha value is -3.42. The van der Waals surface area contributed by atoms with Crippen LogP contribution in [0.25, 0.3) is 0 Å². The van der Waals surface area contributed by atoms with E-state index >= 15 is 0 Å². The molecule has 3 rings (SSSR count). The highest BCUT2D eigenvalue weighted by Gasteiger charge is 2.33. The van der Waals surface area contributed by atoms with E-state index in [1.165, 1.54) is 24.3 Å². The number of carbonyl (C=O) groups is 2. The van der Waals surface area contributed by atoms with E-state index in [0.717, 1.165) is 37.7 Å². The quantitative estimate of drug-likeness (QED) is 0.313. The number of non-ortho nitro benzene ring substituents is 1. The molecule has 0 radical (unpaired) electrons. The summed E-state index contributed by atoms with van der Waals surface area (Å²) in [6.07, 6.45) is 3.98. The predicted octanol–water partition coefficient (Wildman–Crippen LogP) is 4.38. The minimum Gasteiger partial charge on any atom is -0.445 e. The van der Waals surface area contributed by atoms with E-state index in [4.69, 9.17) is 9.47 Å². The van der Waals surface area contributed by atoms with Gasteiger partial charge in [-0.2, -0.15) is 0 Å². The van der Waals surface area contributed by atoms with Crippen molar-refractivity contribution in [2.24, 2.45) is 5.92 Å². The van der Waals surface area contributed by atoms with E-state index in [0.29, 0.717) is 0 Å². The van der Waals surface area contributed by atoms with Gasteiger partial charge in [-0.25, -0.2) is 9.59 Å². The normalized spacial score (nSPS) is 15.1. The second-order valence-corrected chi connectivity index (χ2v) is 7.25. The van der Waals surface area contributed by atoms with Crippen molar-refractivity contribution in [3.05, 3.63) is 70.3 Å². The van der Waals surface area contributed by atoms with Crippen LogP contribution in [0.15, 0.2) is 54.6 Å². The zero-order valence-corrected chi connectivity index (χ0v) is 16.5. The molecular weight excluding hydrogens is 388 g/mol. The van der Waals surface area contributed by atoms with Gasteiger partial charge in [0.1, 0.15) is 18.4 Å². The second kappa shape index (κ2) is 10.4. The van der Waals surface area contributed by atoms with E-state index in [-0.39, 0.29) is 24.0 Å². The maximum Gasteiger partial charge on any atom is 0.408 e. The summed E-state index contributed by atoms with van der Waals surface area (Å²) >= 11 is 0. The number of nitro benzene ring substituents is 1. The van der Waals surface area contributed by atoms with E-state index in [2.05, 4.69) is 5.32 Å². The largest absolute Gasteiger partial charge is 0.445 e. The average molecular weight is 412 g/mol. The Balaban J connectivity index is 1.64. The molecule has 1 aliphatic rings. The van der Waals surface area contributed by atoms with E-state index in [1.54, 1.807) is 0 Å². The third-order valence-electron chi connectivity index (χ3n) is 5.13. The number of nitrogens with zero attached hydrogens (tertiary/aromatic N) is 1. The molecule has 0 heterocycles. The first-order valence-electron chi connectivity index (χ1n) is 9.96. The summed E-state index contributed by atoms with van der Waals surface area (Å²) in [7, 11) is 0. The first-order valence-corrected chi connectivity index (χ1v) is 9.96. The molecule has 0 unspecified atom stereocenters. The predicted molar refractivity (Wildman–Crippen MR) is 109 cm³/mol. The number of hydrogen-bond donors (Lipinski definition) is 1. The van der Waals surface area contributed by atoms with Crippen LogP contribution >= 0.6 is 0 Å². The zero-order valence-electron chi connectivity index (χ0n) is 16.5. The summed E-state index contributed by atoms with van der Waals surface area (Å²) in [4.78, 5) is 35.4. The lowest BCUT2D eigenvalue weighted by atomic mass is 9.84. The summed E-state index contributed by atoms with van der Waals surface area (Å²) in [6, 6.07) is 13.7. The lowest BCUT2D eigenvalue weighted by molar-refractivity contribution is -0.384. The van der Waals surface area contributed by atoms with Gasteiger partial charge in [0.25, 0.3) is 5.69 Å². The molecule has 1 atom stereocenters. The van der Waals surface area contributed by atoms with Gasteiger partial charge in [-0.1, -0.05) is 49.6 Å². The van der Waals surface area contributed by atoms with Crippen molar-refractivity contribution < 1.29 is 24.0 Å². The molecule has 0 aliphatic heterocycles. The molecule has 1 N–H and O–H groups in total. The molecule has 1 amide bonds. The number of benzene rings is 2. The smallest absolute Gasteiger partial charge is 0.408 e. The highest BCUT2D eigenvalue weighted by Crippen LogP contribution is 2.28. The zero-order chi connectivity index (χ0) is 21.3. The maximum atomic E-state index is 12.8. The molecule has 2 aromatic rings. The van der Waals surface area contributed by atoms with Crippen molar-refractivity contribution in [2.75, 3.05) is 0 Å². The van der Waals surface area contributed by atoms with Crippen LogP contribution in [-0.4, -0.2) is 23.0 Å². The fourth-order valence-electron chi connectivity index (χ4n) is 3.54. The maximum absolute atomic E-state index is 12.8. The molecule has 8 heteroatoms. The average Bonchev–Trinajstić information content (AvgIpc) is 2.77. The van der Waals surface area contributed by atoms with Crippen LogP contribution in [-0.2, 0) is 16.1 Å². The first kappa shape index (κ1) is 21.3. The van der Waals surface area contributed by atoms with Crippen molar-refractivity contribution in [2.45, 2.75) is 44.8 Å². The summed E-state index contributed by atoms with van der Waals surface area (Å²) < 4.78 is 10.7. The van der Waals surface area contributed by atoms with Gasteiger partial charge in [-0.15, -0.1) is 0 Å². The lowest BCUT2D eigenvalue weighted by Gasteiger charge is -2.29. The van der Waals surface area contributed by atoms with E-state index in [9.17, 15) is 19.7 Å². The second-order valence-electron chi connectivity index (χ2n) is 7.25. The molecule has 158 valence electrons. The Morgan fingerprint density at radius 3 is 2.33 bits per heavy atom. The highest BCUT2D eigenvalue weighted by molar-refractivity contribution is 5.83. The molecule has 1 fully saturated rings. The van der Waals surface area contributed by atoms with Crippen LogP contribution in [0.5, 0.6) is 5.75 Å². The first-order chi connectivity index (χ1) is 14.5. The molecule has 1 aliphatic carbocycles. The molecule has 0 bridgehead atoms. The van der Waals surface area contributed by atoms with Gasteiger partial charge in [0, 0.05) is 12.1 Å². The molecule has 0 spiro atoms. The number of hydrogen-bond acceptors (Lipinski definition) is 6. The topological polar surface area (TPSA) is 108 Å². The number of amides is 1. The Kier molecular flexibility index (Phi) is 7.37. The van der Waals surface area contributed by atoms with Crippen LogP contribution in [0.4, 0.5) is 10.5 Å². The van der Waals surface area contributed by atoms with Crippen LogP contribution in [0.3, 0.4) is 0 Å². The number of nitrogens with one attached hydrogen (secondary N) is 1. The van der Waals surface area contributed by atoms with Crippen LogP contribution in [0.1, 0.15) is 37.7 Å². The Bertz CT molecular complexity index is 863. The van der Waals surface area contributed by atoms with Gasteiger partial charge in [0.2, 0.25) is 0 Å². The number of nitro groups is 1. The summed E-state index contributed by atoms with van der Waals surface area (Å²) in [5.41, 5.74) is 0.747. The molecule has 0 aromatic heterocycles. The minimum absolute atomic E-state index is 0.0476. The van der Waals surface area contributed by atoms with Gasteiger partial charge < -0.3 is 14.8 Å². The Labute approximate surface area is 174 Å². The van der Waals surface area contributed by atoms with Gasteiger partial charge in [0.15, 0.2) is 0 Å². The van der Waals surface area contributed by atoms with Crippen molar-refractivity contribution >= 4 is 17.7 Å². The van der Waals surface area contributed by atoms with E-state index < -0.39 is 23.0 Å². The van der Waals surface area contributed by atoms with Crippen LogP contribution in [0, 0.1) is 16.0 Å². The number of alkyl carbamates (subject to hydrolysis) is 1. The monoisotopic (exact) mass is 412 g/mol. The van der Waals surface area contributed by atoms with Crippen molar-refractivity contribution in [1.29, 1.82) is 0 Å². The van der Waals surface area contributed by atoms with Crippen LogP contribution < -0.4 is 10.1 Å². The van der Waals surface area contributed by atoms with Gasteiger partial charge in [-0.05, 0) is 36.5 Å². The minimum atomic E-state index is -0.844. The van der Waals surface area contributed by atoms with Crippen LogP contribution in [0.2, 0.25) is 0 Å². The van der Waals surface area contributed by atoms with Gasteiger partial charge >= 0.3 is 12.1 Å². The van der Waals surface area contributed by atoms with Crippen molar-refractivity contribution in [3.63, 3.8) is 0 Å². The number of esters is 1.